The Morgan fingerprint density at radius 2 is 0.850 bits per heavy atom. The zero-order valence-electron chi connectivity index (χ0n) is 21.0. The summed E-state index contributed by atoms with van der Waals surface area (Å²) in [4.78, 5) is 73.8. The first kappa shape index (κ1) is 29.0. The molecule has 3 aromatic carbocycles. The molecule has 0 aliphatic heterocycles. The second kappa shape index (κ2) is 11.1. The van der Waals surface area contributed by atoms with Gasteiger partial charge in [0.05, 0.1) is 33.4 Å². The molecule has 0 fully saturated rings. The molecule has 206 valence electrons. The van der Waals surface area contributed by atoms with Crippen LogP contribution in [0.3, 0.4) is 0 Å². The average molecular weight is 550 g/mol. The van der Waals surface area contributed by atoms with E-state index in [1.807, 2.05) is 0 Å². The highest BCUT2D eigenvalue weighted by Crippen LogP contribution is 2.45. The summed E-state index contributed by atoms with van der Waals surface area (Å²) in [5, 5.41) is 59.8. The fraction of sp³-hybridized carbons (Fsp3) is 0.143. The summed E-state index contributed by atoms with van der Waals surface area (Å²) in [5.74, 6) is -10.2. The van der Waals surface area contributed by atoms with Gasteiger partial charge in [0.2, 0.25) is 0 Å². The van der Waals surface area contributed by atoms with Crippen LogP contribution in [-0.2, 0) is 12.8 Å². The molecule has 0 aliphatic carbocycles. The van der Waals surface area contributed by atoms with E-state index < -0.39 is 80.3 Å². The van der Waals surface area contributed by atoms with Gasteiger partial charge in [0, 0.05) is 5.56 Å². The molecule has 0 heterocycles. The molecule has 6 N–H and O–H groups in total. The Bertz CT molecular complexity index is 1630. The van der Waals surface area contributed by atoms with Crippen LogP contribution in [-0.4, -0.2) is 66.5 Å². The highest BCUT2D eigenvalue weighted by atomic mass is 16.4. The smallest absolute Gasteiger partial charge is 0.337 e. The fourth-order valence-corrected chi connectivity index (χ4v) is 4.99. The van der Waals surface area contributed by atoms with Gasteiger partial charge in [-0.2, -0.15) is 0 Å². The second-order valence-electron chi connectivity index (χ2n) is 8.45. The van der Waals surface area contributed by atoms with Crippen LogP contribution < -0.4 is 0 Å². The highest BCUT2D eigenvalue weighted by molar-refractivity contribution is 6.17. The minimum absolute atomic E-state index is 0.00878. The van der Waals surface area contributed by atoms with Crippen LogP contribution in [0.25, 0.3) is 22.3 Å². The van der Waals surface area contributed by atoms with E-state index in [2.05, 4.69) is 0 Å². The summed E-state index contributed by atoms with van der Waals surface area (Å²) >= 11 is 0. The molecule has 0 amide bonds. The van der Waals surface area contributed by atoms with Gasteiger partial charge in [-0.05, 0) is 52.8 Å². The van der Waals surface area contributed by atoms with Gasteiger partial charge in [-0.15, -0.1) is 0 Å². The molecule has 0 saturated heterocycles. The molecule has 0 spiro atoms. The van der Waals surface area contributed by atoms with E-state index in [4.69, 9.17) is 0 Å². The van der Waals surface area contributed by atoms with E-state index in [1.54, 1.807) is 6.92 Å². The van der Waals surface area contributed by atoms with E-state index >= 15 is 0 Å². The van der Waals surface area contributed by atoms with Crippen molar-refractivity contribution in [1.29, 1.82) is 0 Å². The number of carboxylic acids is 6. The monoisotopic (exact) mass is 550 g/mol. The minimum atomic E-state index is -1.81. The molecule has 40 heavy (non-hydrogen) atoms. The summed E-state index contributed by atoms with van der Waals surface area (Å²) < 4.78 is 0. The van der Waals surface area contributed by atoms with Crippen LogP contribution in [0.1, 0.15) is 87.1 Å². The topological polar surface area (TPSA) is 224 Å². The maximum absolute atomic E-state index is 12.7. The first-order valence-corrected chi connectivity index (χ1v) is 11.7. The number of hydrogen-bond donors (Lipinski definition) is 6. The number of aromatic carboxylic acids is 6. The number of carboxylic acid groups (broad SMARTS) is 6. The predicted molar refractivity (Wildman–Crippen MR) is 138 cm³/mol. The maximum Gasteiger partial charge on any atom is 0.337 e. The third kappa shape index (κ3) is 4.73. The molecular weight excluding hydrogens is 528 g/mol. The van der Waals surface area contributed by atoms with Crippen molar-refractivity contribution in [1.82, 2.24) is 0 Å². The lowest BCUT2D eigenvalue weighted by Gasteiger charge is -2.25. The lowest BCUT2D eigenvalue weighted by Crippen LogP contribution is -2.19. The van der Waals surface area contributed by atoms with Crippen LogP contribution in [0.2, 0.25) is 0 Å². The SMILES string of the molecule is CCc1c(CC)c(-c2cccc(C(=O)O)c2C(=O)O)c(-c2cccc(C(=O)O)c2C(=O)O)c(C(=O)O)c1C(=O)O. The average Bonchev–Trinajstić information content (AvgIpc) is 2.89. The zero-order chi connectivity index (χ0) is 30.0. The van der Waals surface area contributed by atoms with Crippen LogP contribution in [0.4, 0.5) is 0 Å². The highest BCUT2D eigenvalue weighted by Gasteiger charge is 2.35. The van der Waals surface area contributed by atoms with Crippen LogP contribution in [0.5, 0.6) is 0 Å². The number of rotatable bonds is 10. The third-order valence-corrected chi connectivity index (χ3v) is 6.41. The van der Waals surface area contributed by atoms with E-state index in [9.17, 15) is 59.4 Å². The zero-order valence-corrected chi connectivity index (χ0v) is 21.0. The van der Waals surface area contributed by atoms with Gasteiger partial charge in [-0.1, -0.05) is 38.1 Å². The van der Waals surface area contributed by atoms with Crippen molar-refractivity contribution >= 4 is 35.8 Å². The van der Waals surface area contributed by atoms with E-state index in [1.165, 1.54) is 19.1 Å². The standard InChI is InChI=1S/C28H22O12/c1-3-11-12(4-2)21(27(37)38)22(28(39)40)20(14-8-6-10-16(24(31)32)19(14)26(35)36)17(11)13-7-5-9-15(23(29)30)18(13)25(33)34/h5-10H,3-4H2,1-2H3,(H,29,30)(H,31,32)(H,33,34)(H,35,36)(H,37,38)(H,39,40). The molecule has 3 rings (SSSR count). The Hall–Kier alpha value is -5.52. The van der Waals surface area contributed by atoms with Crippen LogP contribution in [0, 0.1) is 0 Å². The first-order valence-electron chi connectivity index (χ1n) is 11.7. The lowest BCUT2D eigenvalue weighted by molar-refractivity contribution is 0.0649. The lowest BCUT2D eigenvalue weighted by atomic mass is 9.77. The fourth-order valence-electron chi connectivity index (χ4n) is 4.99. The second-order valence-corrected chi connectivity index (χ2v) is 8.45. The van der Waals surface area contributed by atoms with Gasteiger partial charge in [-0.3, -0.25) is 0 Å². The summed E-state index contributed by atoms with van der Waals surface area (Å²) in [5.41, 5.74) is -6.08. The maximum atomic E-state index is 12.7. The van der Waals surface area contributed by atoms with Gasteiger partial charge < -0.3 is 30.6 Å². The van der Waals surface area contributed by atoms with Gasteiger partial charge in [0.25, 0.3) is 0 Å². The number of hydrogen-bond acceptors (Lipinski definition) is 6. The van der Waals surface area contributed by atoms with E-state index in [0.29, 0.717) is 0 Å². The van der Waals surface area contributed by atoms with Crippen molar-refractivity contribution in [2.45, 2.75) is 26.7 Å². The minimum Gasteiger partial charge on any atom is -0.478 e. The van der Waals surface area contributed by atoms with Crippen molar-refractivity contribution in [3.05, 3.63) is 80.9 Å². The first-order chi connectivity index (χ1) is 18.8. The third-order valence-electron chi connectivity index (χ3n) is 6.41. The molecule has 0 bridgehead atoms. The normalized spacial score (nSPS) is 10.7. The summed E-state index contributed by atoms with van der Waals surface area (Å²) in [6, 6.07) is 6.59. The largest absolute Gasteiger partial charge is 0.478 e. The van der Waals surface area contributed by atoms with Gasteiger partial charge in [-0.25, -0.2) is 28.8 Å². The number of benzene rings is 3. The predicted octanol–water partition coefficient (Wildman–Crippen LogP) is 4.33. The molecular formula is C28H22O12. The molecule has 0 aromatic heterocycles. The molecule has 3 aromatic rings. The van der Waals surface area contributed by atoms with Crippen molar-refractivity contribution in [2.75, 3.05) is 0 Å². The Morgan fingerprint density at radius 1 is 0.475 bits per heavy atom. The van der Waals surface area contributed by atoms with Crippen molar-refractivity contribution in [3.63, 3.8) is 0 Å². The van der Waals surface area contributed by atoms with Gasteiger partial charge >= 0.3 is 35.8 Å². The molecule has 0 atom stereocenters. The Labute approximate surface area is 225 Å². The van der Waals surface area contributed by atoms with E-state index in [-0.39, 0.29) is 35.1 Å². The van der Waals surface area contributed by atoms with Gasteiger partial charge in [0.15, 0.2) is 0 Å². The summed E-state index contributed by atoms with van der Waals surface area (Å²) in [6.45, 7) is 3.11. The Kier molecular flexibility index (Phi) is 8.04. The van der Waals surface area contributed by atoms with Gasteiger partial charge in [0.1, 0.15) is 0 Å². The van der Waals surface area contributed by atoms with Crippen molar-refractivity contribution in [2.24, 2.45) is 0 Å². The molecule has 0 saturated carbocycles. The van der Waals surface area contributed by atoms with Crippen LogP contribution >= 0.6 is 0 Å². The molecule has 12 nitrogen and oxygen atoms in total. The van der Waals surface area contributed by atoms with Crippen LogP contribution in [0.15, 0.2) is 36.4 Å². The summed E-state index contributed by atoms with van der Waals surface area (Å²) in [7, 11) is 0. The molecule has 12 heteroatoms. The number of carbonyl (C=O) groups is 6. The van der Waals surface area contributed by atoms with Crippen molar-refractivity contribution in [3.8, 4) is 22.3 Å². The Balaban J connectivity index is 2.88. The quantitative estimate of drug-likeness (QED) is 0.207. The van der Waals surface area contributed by atoms with Crippen molar-refractivity contribution < 1.29 is 59.4 Å². The molecule has 0 unspecified atom stereocenters. The molecule has 0 aliphatic rings. The molecule has 0 radical (unpaired) electrons. The Morgan fingerprint density at radius 3 is 1.18 bits per heavy atom. The summed E-state index contributed by atoms with van der Waals surface area (Å²) in [6.07, 6.45) is -0.0522. The van der Waals surface area contributed by atoms with E-state index in [0.717, 1.165) is 24.3 Å².